The first-order chi connectivity index (χ1) is 10.3. The molecule has 0 amide bonds. The maximum absolute atomic E-state index is 12.5. The molecule has 3 N–H and O–H groups in total. The van der Waals surface area contributed by atoms with E-state index in [1.165, 1.54) is 25.7 Å². The lowest BCUT2D eigenvalue weighted by atomic mass is 9.43. The third kappa shape index (κ3) is 1.62. The van der Waals surface area contributed by atoms with Crippen molar-refractivity contribution < 1.29 is 9.90 Å². The van der Waals surface area contributed by atoms with Gasteiger partial charge in [0.15, 0.2) is 0 Å². The summed E-state index contributed by atoms with van der Waals surface area (Å²) >= 11 is 0. The first kappa shape index (κ1) is 15.1. The Balaban J connectivity index is 1.75. The molecule has 0 aliphatic heterocycles. The van der Waals surface area contributed by atoms with E-state index < -0.39 is 0 Å². The predicted molar refractivity (Wildman–Crippen MR) is 86.2 cm³/mol. The number of aliphatic hydroxyl groups excluding tert-OH is 1. The average molecular weight is 305 g/mol. The third-order valence-corrected chi connectivity index (χ3v) is 8.65. The minimum atomic E-state index is -0.376. The van der Waals surface area contributed by atoms with E-state index in [1.54, 1.807) is 0 Å². The third-order valence-electron chi connectivity index (χ3n) is 8.65. The minimum absolute atomic E-state index is 0.218. The van der Waals surface area contributed by atoms with E-state index in [0.717, 1.165) is 25.7 Å². The molecule has 0 aromatic carbocycles. The SMILES string of the molecule is C[C@]12CCCCC1C(O)C[C@@H]1C2CC[C@]2(C)C(=O)CC[C@@]12N. The Kier molecular flexibility index (Phi) is 3.14. The number of Topliss-reactive ketones (excluding diaryl/α,β-unsaturated/α-hetero) is 1. The Hall–Kier alpha value is -0.410. The largest absolute Gasteiger partial charge is 0.393 e. The monoisotopic (exact) mass is 305 g/mol. The van der Waals surface area contributed by atoms with Crippen LogP contribution in [0.5, 0.6) is 0 Å². The van der Waals surface area contributed by atoms with Crippen LogP contribution in [-0.2, 0) is 4.79 Å². The van der Waals surface area contributed by atoms with Gasteiger partial charge in [-0.15, -0.1) is 0 Å². The van der Waals surface area contributed by atoms with Gasteiger partial charge in [-0.1, -0.05) is 26.7 Å². The van der Waals surface area contributed by atoms with Crippen molar-refractivity contribution in [2.75, 3.05) is 0 Å². The van der Waals surface area contributed by atoms with Crippen LogP contribution in [0.25, 0.3) is 0 Å². The zero-order valence-electron chi connectivity index (χ0n) is 14.1. The molecule has 0 aromatic heterocycles. The zero-order valence-corrected chi connectivity index (χ0v) is 14.1. The summed E-state index contributed by atoms with van der Waals surface area (Å²) in [4.78, 5) is 12.5. The number of hydrogen-bond acceptors (Lipinski definition) is 3. The van der Waals surface area contributed by atoms with Gasteiger partial charge < -0.3 is 10.8 Å². The average Bonchev–Trinajstić information content (AvgIpc) is 2.72. The van der Waals surface area contributed by atoms with Crippen molar-refractivity contribution in [3.63, 3.8) is 0 Å². The number of rotatable bonds is 0. The molecule has 7 atom stereocenters. The summed E-state index contributed by atoms with van der Waals surface area (Å²) in [5.41, 5.74) is 6.47. The molecule has 0 bridgehead atoms. The summed E-state index contributed by atoms with van der Waals surface area (Å²) in [6, 6.07) is 0. The first-order valence-electron chi connectivity index (χ1n) is 9.33. The van der Waals surface area contributed by atoms with Crippen LogP contribution >= 0.6 is 0 Å². The lowest BCUT2D eigenvalue weighted by molar-refractivity contribution is -0.165. The van der Waals surface area contributed by atoms with Gasteiger partial charge in [-0.25, -0.2) is 0 Å². The minimum Gasteiger partial charge on any atom is -0.393 e. The summed E-state index contributed by atoms with van der Waals surface area (Å²) in [6.45, 7) is 4.53. The van der Waals surface area contributed by atoms with Gasteiger partial charge in [0.2, 0.25) is 0 Å². The molecule has 124 valence electrons. The molecule has 3 nitrogen and oxygen atoms in total. The fourth-order valence-corrected chi connectivity index (χ4v) is 7.17. The molecule has 0 spiro atoms. The second kappa shape index (κ2) is 4.57. The second-order valence-electron chi connectivity index (χ2n) is 9.21. The topological polar surface area (TPSA) is 63.3 Å². The van der Waals surface area contributed by atoms with Crippen LogP contribution in [0, 0.1) is 28.6 Å². The number of aliphatic hydroxyl groups is 1. The second-order valence-corrected chi connectivity index (χ2v) is 9.21. The molecule has 4 saturated carbocycles. The Morgan fingerprint density at radius 3 is 2.59 bits per heavy atom. The number of fused-ring (bicyclic) bond motifs is 5. The Labute approximate surface area is 134 Å². The standard InChI is InChI=1S/C19H31NO2/c1-17-8-4-3-5-13(17)15(21)11-14-12(17)6-9-18(2)16(22)7-10-19(14,18)20/h12-15,21H,3-11,20H2,1-2H3/t12?,13?,14-,15?,17-,18-,19-/m1/s1. The maximum Gasteiger partial charge on any atom is 0.140 e. The highest BCUT2D eigenvalue weighted by atomic mass is 16.3. The molecular weight excluding hydrogens is 274 g/mol. The highest BCUT2D eigenvalue weighted by molar-refractivity contribution is 5.89. The van der Waals surface area contributed by atoms with E-state index in [1.807, 2.05) is 0 Å². The zero-order chi connectivity index (χ0) is 15.8. The molecule has 4 aliphatic carbocycles. The van der Waals surface area contributed by atoms with Crippen LogP contribution in [0.1, 0.15) is 71.6 Å². The van der Waals surface area contributed by atoms with Gasteiger partial charge in [0.1, 0.15) is 5.78 Å². The van der Waals surface area contributed by atoms with Crippen molar-refractivity contribution in [2.24, 2.45) is 34.3 Å². The normalized spacial score (nSPS) is 57.9. The molecule has 0 heterocycles. The molecule has 3 heteroatoms. The maximum atomic E-state index is 12.5. The predicted octanol–water partition coefficient (Wildman–Crippen LogP) is 3.04. The Morgan fingerprint density at radius 1 is 1.05 bits per heavy atom. The van der Waals surface area contributed by atoms with Crippen LogP contribution < -0.4 is 5.73 Å². The van der Waals surface area contributed by atoms with Gasteiger partial charge in [-0.3, -0.25) is 4.79 Å². The van der Waals surface area contributed by atoms with Crippen LogP contribution in [0.4, 0.5) is 0 Å². The molecule has 4 aliphatic rings. The lowest BCUT2D eigenvalue weighted by Gasteiger charge is -2.63. The summed E-state index contributed by atoms with van der Waals surface area (Å²) in [5, 5.41) is 10.9. The number of carbonyl (C=O) groups is 1. The van der Waals surface area contributed by atoms with Gasteiger partial charge in [-0.2, -0.15) is 0 Å². The molecule has 3 unspecified atom stereocenters. The van der Waals surface area contributed by atoms with Gasteiger partial charge >= 0.3 is 0 Å². The summed E-state index contributed by atoms with van der Waals surface area (Å²) < 4.78 is 0. The van der Waals surface area contributed by atoms with Crippen molar-refractivity contribution >= 4 is 5.78 Å². The Bertz CT molecular complexity index is 506. The molecule has 0 saturated heterocycles. The quantitative estimate of drug-likeness (QED) is 0.723. The fourth-order valence-electron chi connectivity index (χ4n) is 7.17. The summed E-state index contributed by atoms with van der Waals surface area (Å²) in [7, 11) is 0. The summed E-state index contributed by atoms with van der Waals surface area (Å²) in [6.07, 6.45) is 9.13. The van der Waals surface area contributed by atoms with Crippen molar-refractivity contribution in [3.8, 4) is 0 Å². The first-order valence-corrected chi connectivity index (χ1v) is 9.33. The van der Waals surface area contributed by atoms with Crippen molar-refractivity contribution in [1.29, 1.82) is 0 Å². The number of ketones is 1. The van der Waals surface area contributed by atoms with Crippen LogP contribution in [0.15, 0.2) is 0 Å². The number of hydrogen-bond donors (Lipinski definition) is 2. The van der Waals surface area contributed by atoms with E-state index in [0.29, 0.717) is 30.0 Å². The molecule has 4 fully saturated rings. The van der Waals surface area contributed by atoms with Gasteiger partial charge in [0.25, 0.3) is 0 Å². The van der Waals surface area contributed by atoms with Crippen LogP contribution in [0.2, 0.25) is 0 Å². The van der Waals surface area contributed by atoms with Gasteiger partial charge in [0.05, 0.1) is 6.10 Å². The van der Waals surface area contributed by atoms with E-state index in [4.69, 9.17) is 5.73 Å². The molecule has 0 aromatic rings. The smallest absolute Gasteiger partial charge is 0.140 e. The van der Waals surface area contributed by atoms with E-state index >= 15 is 0 Å². The number of carbonyl (C=O) groups excluding carboxylic acids is 1. The van der Waals surface area contributed by atoms with Gasteiger partial charge in [0, 0.05) is 17.4 Å². The van der Waals surface area contributed by atoms with Crippen molar-refractivity contribution in [1.82, 2.24) is 0 Å². The number of nitrogens with two attached hydrogens (primary N) is 1. The molecule has 4 rings (SSSR count). The fraction of sp³-hybridized carbons (Fsp3) is 0.947. The molecular formula is C19H31NO2. The van der Waals surface area contributed by atoms with Crippen molar-refractivity contribution in [2.45, 2.75) is 83.3 Å². The van der Waals surface area contributed by atoms with E-state index in [-0.39, 0.29) is 22.5 Å². The lowest BCUT2D eigenvalue weighted by Crippen LogP contribution is -2.68. The summed E-state index contributed by atoms with van der Waals surface area (Å²) in [5.74, 6) is 1.75. The highest BCUT2D eigenvalue weighted by Gasteiger charge is 2.67. The van der Waals surface area contributed by atoms with Crippen LogP contribution in [-0.4, -0.2) is 22.5 Å². The van der Waals surface area contributed by atoms with Crippen LogP contribution in [0.3, 0.4) is 0 Å². The molecule has 0 radical (unpaired) electrons. The van der Waals surface area contributed by atoms with Crippen molar-refractivity contribution in [3.05, 3.63) is 0 Å². The highest BCUT2D eigenvalue weighted by Crippen LogP contribution is 2.66. The van der Waals surface area contributed by atoms with E-state index in [9.17, 15) is 9.90 Å². The molecule has 22 heavy (non-hydrogen) atoms. The van der Waals surface area contributed by atoms with Gasteiger partial charge in [-0.05, 0) is 61.7 Å². The Morgan fingerprint density at radius 2 is 1.82 bits per heavy atom. The van der Waals surface area contributed by atoms with E-state index in [2.05, 4.69) is 13.8 Å².